The first-order valence-corrected chi connectivity index (χ1v) is 5.09. The minimum atomic E-state index is -0.758. The van der Waals surface area contributed by atoms with Crippen molar-refractivity contribution in [1.82, 2.24) is 4.98 Å². The Morgan fingerprint density at radius 3 is 2.79 bits per heavy atom. The summed E-state index contributed by atoms with van der Waals surface area (Å²) in [4.78, 5) is 13.9. The zero-order chi connectivity index (χ0) is 10.1. The number of hydrogen-bond acceptors (Lipinski definition) is 1. The molecule has 1 aromatic rings. The highest BCUT2D eigenvalue weighted by atomic mass is 16.4. The molecule has 0 saturated carbocycles. The molecule has 0 spiro atoms. The van der Waals surface area contributed by atoms with Gasteiger partial charge in [-0.1, -0.05) is 0 Å². The molecule has 1 heterocycles. The average Bonchev–Trinajstić information content (AvgIpc) is 2.44. The number of aromatic nitrogens is 1. The van der Waals surface area contributed by atoms with Crippen molar-refractivity contribution in [3.63, 3.8) is 0 Å². The van der Waals surface area contributed by atoms with E-state index < -0.39 is 5.97 Å². The fourth-order valence-electron chi connectivity index (χ4n) is 2.24. The summed E-state index contributed by atoms with van der Waals surface area (Å²) in [6.45, 7) is 2.03. The molecular formula is C11H15NO2. The molecule has 0 atom stereocenters. The molecule has 0 radical (unpaired) electrons. The van der Waals surface area contributed by atoms with Crippen molar-refractivity contribution in [2.24, 2.45) is 0 Å². The Bertz CT molecular complexity index is 366. The number of carboxylic acids is 1. The first kappa shape index (κ1) is 9.31. The molecule has 0 saturated heterocycles. The predicted molar refractivity (Wildman–Crippen MR) is 53.5 cm³/mol. The Labute approximate surface area is 83.1 Å². The van der Waals surface area contributed by atoms with Crippen LogP contribution in [0.2, 0.25) is 0 Å². The van der Waals surface area contributed by atoms with E-state index in [0.29, 0.717) is 0 Å². The standard InChI is InChI=1S/C11H15NO2/c1-7-8-4-2-3-5-9(8)12-10(7)6-11(13)14/h12H,2-6H2,1H3,(H,13,14). The number of aliphatic carboxylic acids is 1. The van der Waals surface area contributed by atoms with Crippen molar-refractivity contribution < 1.29 is 9.90 Å². The summed E-state index contributed by atoms with van der Waals surface area (Å²) in [7, 11) is 0. The highest BCUT2D eigenvalue weighted by Crippen LogP contribution is 2.26. The van der Waals surface area contributed by atoms with Gasteiger partial charge in [-0.25, -0.2) is 0 Å². The number of fused-ring (bicyclic) bond motifs is 1. The molecule has 1 aliphatic rings. The van der Waals surface area contributed by atoms with Gasteiger partial charge in [0.2, 0.25) is 0 Å². The molecule has 0 fully saturated rings. The molecule has 1 aliphatic carbocycles. The van der Waals surface area contributed by atoms with Gasteiger partial charge in [-0.3, -0.25) is 4.79 Å². The quantitative estimate of drug-likeness (QED) is 0.752. The maximum Gasteiger partial charge on any atom is 0.309 e. The molecule has 0 aliphatic heterocycles. The van der Waals surface area contributed by atoms with Crippen LogP contribution in [-0.4, -0.2) is 16.1 Å². The topological polar surface area (TPSA) is 53.1 Å². The van der Waals surface area contributed by atoms with E-state index in [1.54, 1.807) is 0 Å². The van der Waals surface area contributed by atoms with Gasteiger partial charge in [-0.05, 0) is 43.7 Å². The first-order valence-electron chi connectivity index (χ1n) is 5.09. The highest BCUT2D eigenvalue weighted by Gasteiger charge is 2.18. The fraction of sp³-hybridized carbons (Fsp3) is 0.545. The van der Waals surface area contributed by atoms with Gasteiger partial charge in [0, 0.05) is 11.4 Å². The van der Waals surface area contributed by atoms with Crippen LogP contribution >= 0.6 is 0 Å². The molecule has 2 N–H and O–H groups in total. The van der Waals surface area contributed by atoms with Crippen LogP contribution in [0, 0.1) is 6.92 Å². The molecule has 0 bridgehead atoms. The Hall–Kier alpha value is -1.25. The minimum Gasteiger partial charge on any atom is -0.481 e. The Balaban J connectivity index is 2.33. The Kier molecular flexibility index (Phi) is 2.32. The maximum absolute atomic E-state index is 10.6. The van der Waals surface area contributed by atoms with Gasteiger partial charge >= 0.3 is 5.97 Å². The number of carbonyl (C=O) groups is 1. The van der Waals surface area contributed by atoms with Crippen LogP contribution in [0.4, 0.5) is 0 Å². The number of nitrogens with one attached hydrogen (secondary N) is 1. The second-order valence-electron chi connectivity index (χ2n) is 3.96. The van der Waals surface area contributed by atoms with Crippen LogP contribution < -0.4 is 0 Å². The molecule has 14 heavy (non-hydrogen) atoms. The normalized spacial score (nSPS) is 15.2. The van der Waals surface area contributed by atoms with Crippen molar-refractivity contribution >= 4 is 5.97 Å². The van der Waals surface area contributed by atoms with E-state index in [1.165, 1.54) is 29.7 Å². The van der Waals surface area contributed by atoms with Crippen LogP contribution in [0.3, 0.4) is 0 Å². The van der Waals surface area contributed by atoms with E-state index in [9.17, 15) is 4.79 Å². The first-order chi connectivity index (χ1) is 6.68. The van der Waals surface area contributed by atoms with E-state index >= 15 is 0 Å². The predicted octanol–water partition coefficient (Wildman–Crippen LogP) is 1.83. The van der Waals surface area contributed by atoms with Gasteiger partial charge in [0.1, 0.15) is 0 Å². The third kappa shape index (κ3) is 1.54. The molecule has 0 aromatic carbocycles. The van der Waals surface area contributed by atoms with Crippen LogP contribution in [0.15, 0.2) is 0 Å². The second kappa shape index (κ2) is 3.48. The third-order valence-electron chi connectivity index (χ3n) is 3.00. The van der Waals surface area contributed by atoms with Gasteiger partial charge < -0.3 is 10.1 Å². The Morgan fingerprint density at radius 1 is 1.43 bits per heavy atom. The zero-order valence-electron chi connectivity index (χ0n) is 8.39. The number of aryl methyl sites for hydroxylation is 1. The van der Waals surface area contributed by atoms with Crippen molar-refractivity contribution in [3.05, 3.63) is 22.5 Å². The van der Waals surface area contributed by atoms with E-state index in [1.807, 2.05) is 6.92 Å². The fourth-order valence-corrected chi connectivity index (χ4v) is 2.24. The van der Waals surface area contributed by atoms with Crippen LogP contribution in [-0.2, 0) is 24.1 Å². The van der Waals surface area contributed by atoms with E-state index in [0.717, 1.165) is 18.5 Å². The summed E-state index contributed by atoms with van der Waals surface area (Å²) in [6, 6.07) is 0. The lowest BCUT2D eigenvalue weighted by Crippen LogP contribution is -2.01. The number of rotatable bonds is 2. The second-order valence-corrected chi connectivity index (χ2v) is 3.96. The maximum atomic E-state index is 10.6. The number of aromatic amines is 1. The number of H-pyrrole nitrogens is 1. The SMILES string of the molecule is Cc1c(CC(=O)O)[nH]c2c1CCCC2. The molecule has 1 aromatic heterocycles. The molecule has 0 unspecified atom stereocenters. The van der Waals surface area contributed by atoms with E-state index in [2.05, 4.69) is 4.98 Å². The molecule has 3 heteroatoms. The van der Waals surface area contributed by atoms with Crippen molar-refractivity contribution in [2.75, 3.05) is 0 Å². The number of carboxylic acid groups (broad SMARTS) is 1. The van der Waals surface area contributed by atoms with Gasteiger partial charge in [-0.15, -0.1) is 0 Å². The molecular weight excluding hydrogens is 178 g/mol. The Morgan fingerprint density at radius 2 is 2.14 bits per heavy atom. The van der Waals surface area contributed by atoms with Crippen molar-refractivity contribution in [3.8, 4) is 0 Å². The minimum absolute atomic E-state index is 0.124. The van der Waals surface area contributed by atoms with Crippen molar-refractivity contribution in [2.45, 2.75) is 39.0 Å². The largest absolute Gasteiger partial charge is 0.481 e. The average molecular weight is 193 g/mol. The summed E-state index contributed by atoms with van der Waals surface area (Å²) in [5.74, 6) is -0.758. The molecule has 3 nitrogen and oxygen atoms in total. The lowest BCUT2D eigenvalue weighted by molar-refractivity contribution is -0.136. The highest BCUT2D eigenvalue weighted by molar-refractivity contribution is 5.70. The van der Waals surface area contributed by atoms with E-state index in [-0.39, 0.29) is 6.42 Å². The van der Waals surface area contributed by atoms with Crippen LogP contribution in [0.25, 0.3) is 0 Å². The number of hydrogen-bond donors (Lipinski definition) is 2. The van der Waals surface area contributed by atoms with Gasteiger partial charge in [-0.2, -0.15) is 0 Å². The third-order valence-corrected chi connectivity index (χ3v) is 3.00. The summed E-state index contributed by atoms with van der Waals surface area (Å²) in [6.07, 6.45) is 4.77. The summed E-state index contributed by atoms with van der Waals surface area (Å²) < 4.78 is 0. The molecule has 2 rings (SSSR count). The van der Waals surface area contributed by atoms with Crippen molar-refractivity contribution in [1.29, 1.82) is 0 Å². The monoisotopic (exact) mass is 193 g/mol. The van der Waals surface area contributed by atoms with Gasteiger partial charge in [0.05, 0.1) is 6.42 Å². The van der Waals surface area contributed by atoms with Crippen LogP contribution in [0.5, 0.6) is 0 Å². The van der Waals surface area contributed by atoms with Gasteiger partial charge in [0.15, 0.2) is 0 Å². The molecule has 0 amide bonds. The summed E-state index contributed by atoms with van der Waals surface area (Å²) in [5, 5.41) is 8.73. The lowest BCUT2D eigenvalue weighted by atomic mass is 9.95. The summed E-state index contributed by atoms with van der Waals surface area (Å²) in [5.41, 5.74) is 4.70. The molecule has 76 valence electrons. The zero-order valence-corrected chi connectivity index (χ0v) is 8.39. The summed E-state index contributed by atoms with van der Waals surface area (Å²) >= 11 is 0. The lowest BCUT2D eigenvalue weighted by Gasteiger charge is -2.10. The smallest absolute Gasteiger partial charge is 0.309 e. The van der Waals surface area contributed by atoms with E-state index in [4.69, 9.17) is 5.11 Å². The van der Waals surface area contributed by atoms with Crippen LogP contribution in [0.1, 0.15) is 35.4 Å². The van der Waals surface area contributed by atoms with Gasteiger partial charge in [0.25, 0.3) is 0 Å².